The Morgan fingerprint density at radius 1 is 1.18 bits per heavy atom. The second-order valence-corrected chi connectivity index (χ2v) is 7.68. The maximum Gasteiger partial charge on any atom is 0.333 e. The highest BCUT2D eigenvalue weighted by Crippen LogP contribution is 2.48. The molecule has 1 aromatic heterocycles. The summed E-state index contributed by atoms with van der Waals surface area (Å²) in [6.45, 7) is 5.65. The molecule has 28 heavy (non-hydrogen) atoms. The molecule has 150 valence electrons. The first kappa shape index (κ1) is 20.0. The lowest BCUT2D eigenvalue weighted by atomic mass is 9.59. The number of hydrogen-bond donors (Lipinski definition) is 4. The van der Waals surface area contributed by atoms with Gasteiger partial charge in [-0.25, -0.2) is 4.79 Å². The summed E-state index contributed by atoms with van der Waals surface area (Å²) in [5.41, 5.74) is 0.852. The SMILES string of the molecule is CCCCCC1C(C(=O)O)=C(C)NC(C)C1(C(=O)O)c1c[nH]c2ccccc12. The number of carboxylic acids is 2. The molecule has 4 N–H and O–H groups in total. The van der Waals surface area contributed by atoms with Crippen LogP contribution in [0.1, 0.15) is 52.0 Å². The molecule has 0 radical (unpaired) electrons. The van der Waals surface area contributed by atoms with Crippen LogP contribution in [0, 0.1) is 5.92 Å². The summed E-state index contributed by atoms with van der Waals surface area (Å²) < 4.78 is 0. The highest BCUT2D eigenvalue weighted by molar-refractivity contribution is 5.97. The number of aromatic nitrogens is 1. The molecule has 1 aromatic carbocycles. The van der Waals surface area contributed by atoms with Crippen LogP contribution in [0.2, 0.25) is 0 Å². The van der Waals surface area contributed by atoms with E-state index in [9.17, 15) is 19.8 Å². The van der Waals surface area contributed by atoms with Crippen LogP contribution in [-0.2, 0) is 15.0 Å². The van der Waals surface area contributed by atoms with Gasteiger partial charge in [0.2, 0.25) is 0 Å². The number of aromatic amines is 1. The number of rotatable bonds is 7. The van der Waals surface area contributed by atoms with Crippen molar-refractivity contribution in [3.63, 3.8) is 0 Å². The van der Waals surface area contributed by atoms with E-state index in [1.54, 1.807) is 13.1 Å². The van der Waals surface area contributed by atoms with E-state index >= 15 is 0 Å². The number of benzene rings is 1. The molecule has 2 heterocycles. The molecule has 0 saturated heterocycles. The standard InChI is InChI=1S/C22H28N2O4/c1-4-5-6-10-16-19(20(25)26)13(2)24-14(3)22(16,21(27)28)17-12-23-18-11-8-7-9-15(17)18/h7-9,11-12,14,16,23-24H,4-6,10H2,1-3H3,(H,25,26)(H,27,28). The third kappa shape index (κ3) is 2.97. The van der Waals surface area contributed by atoms with Gasteiger partial charge in [-0.3, -0.25) is 4.79 Å². The summed E-state index contributed by atoms with van der Waals surface area (Å²) in [5, 5.41) is 24.5. The number of unbranched alkanes of at least 4 members (excludes halogenated alkanes) is 2. The van der Waals surface area contributed by atoms with E-state index in [1.165, 1.54) is 0 Å². The van der Waals surface area contributed by atoms with Crippen molar-refractivity contribution in [3.8, 4) is 0 Å². The first-order valence-electron chi connectivity index (χ1n) is 9.86. The zero-order valence-corrected chi connectivity index (χ0v) is 16.6. The maximum atomic E-state index is 12.9. The first-order valence-corrected chi connectivity index (χ1v) is 9.86. The van der Waals surface area contributed by atoms with Crippen LogP contribution in [0.25, 0.3) is 10.9 Å². The van der Waals surface area contributed by atoms with E-state index in [-0.39, 0.29) is 5.57 Å². The fourth-order valence-electron chi connectivity index (χ4n) is 4.87. The third-order valence-corrected chi connectivity index (χ3v) is 6.13. The number of nitrogens with one attached hydrogen (secondary N) is 2. The van der Waals surface area contributed by atoms with E-state index in [0.717, 1.165) is 30.2 Å². The van der Waals surface area contributed by atoms with Crippen molar-refractivity contribution in [2.24, 2.45) is 5.92 Å². The minimum Gasteiger partial charge on any atom is -0.480 e. The topological polar surface area (TPSA) is 102 Å². The van der Waals surface area contributed by atoms with E-state index in [0.29, 0.717) is 17.7 Å². The van der Waals surface area contributed by atoms with Gasteiger partial charge in [-0.1, -0.05) is 44.4 Å². The normalized spacial score (nSPS) is 25.0. The second-order valence-electron chi connectivity index (χ2n) is 7.68. The lowest BCUT2D eigenvalue weighted by Crippen LogP contribution is -2.60. The predicted octanol–water partition coefficient (Wildman–Crippen LogP) is 4.04. The average molecular weight is 384 g/mol. The number of aliphatic carboxylic acids is 2. The molecule has 0 aliphatic carbocycles. The number of para-hydroxylation sites is 1. The molecule has 3 unspecified atom stereocenters. The molecule has 6 heteroatoms. The summed E-state index contributed by atoms with van der Waals surface area (Å²) in [7, 11) is 0. The maximum absolute atomic E-state index is 12.9. The summed E-state index contributed by atoms with van der Waals surface area (Å²) >= 11 is 0. The molecule has 3 rings (SSSR count). The molecule has 0 spiro atoms. The molecule has 6 nitrogen and oxygen atoms in total. The van der Waals surface area contributed by atoms with Crippen LogP contribution in [0.15, 0.2) is 41.7 Å². The number of allylic oxidation sites excluding steroid dienone is 1. The summed E-state index contributed by atoms with van der Waals surface area (Å²) in [6, 6.07) is 7.11. The zero-order valence-electron chi connectivity index (χ0n) is 16.6. The zero-order chi connectivity index (χ0) is 20.5. The van der Waals surface area contributed by atoms with Crippen molar-refractivity contribution < 1.29 is 19.8 Å². The monoisotopic (exact) mass is 384 g/mol. The highest BCUT2D eigenvalue weighted by atomic mass is 16.4. The molecule has 0 bridgehead atoms. The Morgan fingerprint density at radius 2 is 1.89 bits per heavy atom. The summed E-state index contributed by atoms with van der Waals surface area (Å²) in [6.07, 6.45) is 4.97. The third-order valence-electron chi connectivity index (χ3n) is 6.13. The molecule has 2 aromatic rings. The molecule has 1 aliphatic heterocycles. The van der Waals surface area contributed by atoms with Crippen LogP contribution in [-0.4, -0.2) is 33.2 Å². The van der Waals surface area contributed by atoms with Crippen LogP contribution in [0.5, 0.6) is 0 Å². The molecule has 0 saturated carbocycles. The Kier molecular flexibility index (Phi) is 5.49. The quantitative estimate of drug-likeness (QED) is 0.540. The van der Waals surface area contributed by atoms with E-state index < -0.39 is 29.3 Å². The average Bonchev–Trinajstić information content (AvgIpc) is 3.06. The Morgan fingerprint density at radius 3 is 2.54 bits per heavy atom. The minimum atomic E-state index is -1.37. The van der Waals surface area contributed by atoms with Gasteiger partial charge in [-0.15, -0.1) is 0 Å². The van der Waals surface area contributed by atoms with Gasteiger partial charge in [0.1, 0.15) is 5.41 Å². The van der Waals surface area contributed by atoms with Gasteiger partial charge in [0.15, 0.2) is 0 Å². The Labute approximate surface area is 164 Å². The van der Waals surface area contributed by atoms with E-state index in [1.807, 2.05) is 31.2 Å². The van der Waals surface area contributed by atoms with E-state index in [4.69, 9.17) is 0 Å². The summed E-state index contributed by atoms with van der Waals surface area (Å²) in [5.74, 6) is -2.67. The Bertz CT molecular complexity index is 930. The first-order chi connectivity index (χ1) is 13.4. The Hall–Kier alpha value is -2.76. The van der Waals surface area contributed by atoms with Gasteiger partial charge in [-0.2, -0.15) is 0 Å². The molecular formula is C22H28N2O4. The largest absolute Gasteiger partial charge is 0.480 e. The number of H-pyrrole nitrogens is 1. The van der Waals surface area contributed by atoms with Crippen LogP contribution in [0.3, 0.4) is 0 Å². The second kappa shape index (κ2) is 7.70. The minimum absolute atomic E-state index is 0.182. The molecular weight excluding hydrogens is 356 g/mol. The molecule has 0 fully saturated rings. The van der Waals surface area contributed by atoms with Crippen molar-refractivity contribution in [1.29, 1.82) is 0 Å². The van der Waals surface area contributed by atoms with Gasteiger partial charge in [0, 0.05) is 34.8 Å². The fourth-order valence-corrected chi connectivity index (χ4v) is 4.87. The van der Waals surface area contributed by atoms with Crippen molar-refractivity contribution in [3.05, 3.63) is 47.3 Å². The number of hydrogen-bond acceptors (Lipinski definition) is 3. The predicted molar refractivity (Wildman–Crippen MR) is 108 cm³/mol. The Balaban J connectivity index is 2.28. The van der Waals surface area contributed by atoms with Crippen LogP contribution in [0.4, 0.5) is 0 Å². The van der Waals surface area contributed by atoms with Crippen molar-refractivity contribution in [1.82, 2.24) is 10.3 Å². The van der Waals surface area contributed by atoms with Crippen molar-refractivity contribution in [2.45, 2.75) is 57.9 Å². The highest BCUT2D eigenvalue weighted by Gasteiger charge is 2.57. The van der Waals surface area contributed by atoms with Gasteiger partial charge in [-0.05, 0) is 31.9 Å². The van der Waals surface area contributed by atoms with Gasteiger partial charge in [0.25, 0.3) is 0 Å². The van der Waals surface area contributed by atoms with Gasteiger partial charge in [0.05, 0.1) is 5.57 Å². The van der Waals surface area contributed by atoms with Crippen molar-refractivity contribution in [2.75, 3.05) is 0 Å². The molecule has 0 amide bonds. The van der Waals surface area contributed by atoms with Crippen LogP contribution < -0.4 is 5.32 Å². The van der Waals surface area contributed by atoms with Gasteiger partial charge < -0.3 is 20.5 Å². The number of fused-ring (bicyclic) bond motifs is 1. The molecule has 3 atom stereocenters. The van der Waals surface area contributed by atoms with E-state index in [2.05, 4.69) is 17.2 Å². The number of carboxylic acid groups (broad SMARTS) is 2. The van der Waals surface area contributed by atoms with Crippen LogP contribution >= 0.6 is 0 Å². The lowest BCUT2D eigenvalue weighted by Gasteiger charge is -2.47. The van der Waals surface area contributed by atoms with Crippen molar-refractivity contribution >= 4 is 22.8 Å². The lowest BCUT2D eigenvalue weighted by molar-refractivity contribution is -0.148. The smallest absolute Gasteiger partial charge is 0.333 e. The fraction of sp³-hybridized carbons (Fsp3) is 0.455. The number of carbonyl (C=O) groups is 2. The summed E-state index contributed by atoms with van der Waals surface area (Å²) in [4.78, 5) is 28.2. The van der Waals surface area contributed by atoms with Gasteiger partial charge >= 0.3 is 11.9 Å². The molecule has 1 aliphatic rings.